The second-order valence-corrected chi connectivity index (χ2v) is 10.3. The molecule has 6 atom stereocenters. The lowest BCUT2D eigenvalue weighted by Gasteiger charge is -2.60. The summed E-state index contributed by atoms with van der Waals surface area (Å²) in [4.78, 5) is 47.2. The fourth-order valence-electron chi connectivity index (χ4n) is 6.46. The summed E-state index contributed by atoms with van der Waals surface area (Å²) in [5.74, 6) is -1.49. The molecule has 1 heterocycles. The van der Waals surface area contributed by atoms with Crippen LogP contribution in [-0.4, -0.2) is 49.3 Å². The summed E-state index contributed by atoms with van der Waals surface area (Å²) in [5, 5.41) is 0. The van der Waals surface area contributed by atoms with Crippen molar-refractivity contribution in [3.8, 4) is 0 Å². The highest BCUT2D eigenvalue weighted by atomic mass is 16.6. The predicted octanol–water partition coefficient (Wildman–Crippen LogP) is 3.68. The molecule has 34 heavy (non-hydrogen) atoms. The van der Waals surface area contributed by atoms with E-state index in [0.717, 1.165) is 24.8 Å². The Morgan fingerprint density at radius 1 is 1.09 bits per heavy atom. The number of carbonyl (C=O) groups is 4. The van der Waals surface area contributed by atoms with E-state index in [-0.39, 0.29) is 48.5 Å². The maximum absolute atomic E-state index is 12.3. The Morgan fingerprint density at radius 2 is 1.76 bits per heavy atom. The van der Waals surface area contributed by atoms with Crippen molar-refractivity contribution in [3.05, 3.63) is 23.8 Å². The first-order chi connectivity index (χ1) is 15.9. The van der Waals surface area contributed by atoms with Gasteiger partial charge in [0.15, 0.2) is 6.10 Å². The number of esters is 4. The number of hydrogen-bond donors (Lipinski definition) is 0. The van der Waals surface area contributed by atoms with Crippen LogP contribution in [0.15, 0.2) is 23.8 Å². The van der Waals surface area contributed by atoms with Gasteiger partial charge < -0.3 is 18.9 Å². The highest BCUT2D eigenvalue weighted by molar-refractivity contribution is 5.92. The normalized spacial score (nSPS) is 36.4. The molecule has 0 aromatic rings. The number of ether oxygens (including phenoxy) is 4. The van der Waals surface area contributed by atoms with Gasteiger partial charge in [-0.1, -0.05) is 32.1 Å². The van der Waals surface area contributed by atoms with Crippen molar-refractivity contribution in [1.82, 2.24) is 0 Å². The van der Waals surface area contributed by atoms with Crippen LogP contribution in [0.25, 0.3) is 0 Å². The van der Waals surface area contributed by atoms with Crippen molar-refractivity contribution < 1.29 is 38.1 Å². The molecule has 0 spiro atoms. The lowest BCUT2D eigenvalue weighted by atomic mass is 9.46. The van der Waals surface area contributed by atoms with E-state index in [9.17, 15) is 19.2 Å². The maximum atomic E-state index is 12.3. The quantitative estimate of drug-likeness (QED) is 0.247. The van der Waals surface area contributed by atoms with Crippen molar-refractivity contribution in [2.24, 2.45) is 22.7 Å². The van der Waals surface area contributed by atoms with E-state index >= 15 is 0 Å². The highest BCUT2D eigenvalue weighted by Crippen LogP contribution is 2.62. The summed E-state index contributed by atoms with van der Waals surface area (Å²) in [7, 11) is 0. The summed E-state index contributed by atoms with van der Waals surface area (Å²) in [5.41, 5.74) is 0.706. The molecule has 0 aromatic carbocycles. The summed E-state index contributed by atoms with van der Waals surface area (Å²) in [6, 6.07) is 0. The minimum absolute atomic E-state index is 0.0280. The number of cyclic esters (lactones) is 1. The molecule has 0 aromatic heterocycles. The molecule has 3 rings (SSSR count). The molecule has 2 aliphatic carbocycles. The van der Waals surface area contributed by atoms with Crippen LogP contribution in [0.2, 0.25) is 0 Å². The summed E-state index contributed by atoms with van der Waals surface area (Å²) < 4.78 is 21.6. The minimum Gasteiger partial charge on any atom is -0.465 e. The lowest BCUT2D eigenvalue weighted by molar-refractivity contribution is -0.191. The molecule has 0 bridgehead atoms. The third-order valence-electron chi connectivity index (χ3n) is 8.04. The second-order valence-electron chi connectivity index (χ2n) is 10.3. The van der Waals surface area contributed by atoms with E-state index in [2.05, 4.69) is 13.5 Å². The lowest BCUT2D eigenvalue weighted by Crippen LogP contribution is -2.58. The average Bonchev–Trinajstić information content (AvgIpc) is 3.07. The summed E-state index contributed by atoms with van der Waals surface area (Å²) in [6.07, 6.45) is 4.40. The fraction of sp³-hybridized carbons (Fsp3) is 0.692. The van der Waals surface area contributed by atoms with Crippen LogP contribution >= 0.6 is 0 Å². The molecule has 0 radical (unpaired) electrons. The van der Waals surface area contributed by atoms with Gasteiger partial charge in [0, 0.05) is 26.2 Å². The Kier molecular flexibility index (Phi) is 7.58. The molecule has 1 saturated heterocycles. The van der Waals surface area contributed by atoms with Gasteiger partial charge in [-0.25, -0.2) is 4.79 Å². The van der Waals surface area contributed by atoms with Crippen LogP contribution < -0.4 is 0 Å². The molecule has 2 saturated carbocycles. The van der Waals surface area contributed by atoms with Crippen LogP contribution in [0, 0.1) is 22.7 Å². The fourth-order valence-corrected chi connectivity index (χ4v) is 6.46. The first-order valence-electron chi connectivity index (χ1n) is 11.9. The van der Waals surface area contributed by atoms with Gasteiger partial charge in [-0.3, -0.25) is 14.4 Å². The third kappa shape index (κ3) is 5.05. The molecule has 1 aliphatic heterocycles. The minimum atomic E-state index is -0.695. The summed E-state index contributed by atoms with van der Waals surface area (Å²) >= 11 is 0. The molecular formula is C26H36O8. The van der Waals surface area contributed by atoms with Gasteiger partial charge in [0.2, 0.25) is 0 Å². The topological polar surface area (TPSA) is 105 Å². The SMILES string of the molecule is C=C1CC[C@H]2[C@](C)(COC(C)=O)[C@H](OC(C)=O)CC[C@@]2(C)[C@@H]1C/C=C1/C(=O)OC[C@H]1OC(C)=O. The molecule has 3 fully saturated rings. The van der Waals surface area contributed by atoms with E-state index in [1.165, 1.54) is 20.8 Å². The van der Waals surface area contributed by atoms with Gasteiger partial charge in [0.05, 0.1) is 5.57 Å². The zero-order valence-electron chi connectivity index (χ0n) is 20.8. The molecule has 188 valence electrons. The molecular weight excluding hydrogens is 440 g/mol. The molecule has 3 aliphatic rings. The van der Waals surface area contributed by atoms with Crippen molar-refractivity contribution in [2.75, 3.05) is 13.2 Å². The largest absolute Gasteiger partial charge is 0.465 e. The van der Waals surface area contributed by atoms with Crippen molar-refractivity contribution >= 4 is 23.9 Å². The number of allylic oxidation sites excluding steroid dienone is 2. The van der Waals surface area contributed by atoms with Crippen LogP contribution in [0.1, 0.15) is 66.7 Å². The molecule has 0 amide bonds. The maximum Gasteiger partial charge on any atom is 0.337 e. The van der Waals surface area contributed by atoms with Gasteiger partial charge in [-0.15, -0.1) is 0 Å². The van der Waals surface area contributed by atoms with Crippen molar-refractivity contribution in [3.63, 3.8) is 0 Å². The molecule has 8 heteroatoms. The van der Waals surface area contributed by atoms with E-state index in [4.69, 9.17) is 18.9 Å². The number of carbonyl (C=O) groups excluding carboxylic acids is 4. The molecule has 0 N–H and O–H groups in total. The zero-order valence-corrected chi connectivity index (χ0v) is 20.8. The van der Waals surface area contributed by atoms with Crippen LogP contribution in [0.3, 0.4) is 0 Å². The Morgan fingerprint density at radius 3 is 2.38 bits per heavy atom. The van der Waals surface area contributed by atoms with E-state index in [1.807, 2.05) is 13.0 Å². The standard InChI is InChI=1S/C26H36O8/c1-15-7-10-22-25(5,12-11-23(34-18(4)29)26(22,6)14-32-16(2)27)20(15)9-8-19-21(33-17(3)28)13-31-24(19)30/h8,20-23H,1,7,9-14H2,2-6H3/b19-8+/t20-,21-,22-,23-,25+,26+/m1/s1. The number of rotatable bonds is 6. The smallest absolute Gasteiger partial charge is 0.337 e. The molecule has 8 nitrogen and oxygen atoms in total. The van der Waals surface area contributed by atoms with Gasteiger partial charge in [-0.05, 0) is 49.4 Å². The van der Waals surface area contributed by atoms with Crippen LogP contribution in [-0.2, 0) is 38.1 Å². The van der Waals surface area contributed by atoms with Gasteiger partial charge in [-0.2, -0.15) is 0 Å². The first-order valence-corrected chi connectivity index (χ1v) is 11.9. The molecule has 0 unspecified atom stereocenters. The van der Waals surface area contributed by atoms with Gasteiger partial charge in [0.1, 0.15) is 19.3 Å². The number of fused-ring (bicyclic) bond motifs is 1. The van der Waals surface area contributed by atoms with E-state index in [0.29, 0.717) is 18.4 Å². The Hall–Kier alpha value is -2.64. The van der Waals surface area contributed by atoms with Gasteiger partial charge in [0.25, 0.3) is 0 Å². The monoisotopic (exact) mass is 476 g/mol. The van der Waals surface area contributed by atoms with Crippen LogP contribution in [0.5, 0.6) is 0 Å². The Bertz CT molecular complexity index is 904. The average molecular weight is 477 g/mol. The second kappa shape index (κ2) is 9.92. The van der Waals surface area contributed by atoms with E-state index < -0.39 is 23.5 Å². The third-order valence-corrected chi connectivity index (χ3v) is 8.04. The van der Waals surface area contributed by atoms with Crippen molar-refractivity contribution in [1.29, 1.82) is 0 Å². The first kappa shape index (κ1) is 26.0. The highest BCUT2D eigenvalue weighted by Gasteiger charge is 2.59. The summed E-state index contributed by atoms with van der Waals surface area (Å²) in [6.45, 7) is 12.9. The number of hydrogen-bond acceptors (Lipinski definition) is 8. The Labute approximate surface area is 201 Å². The van der Waals surface area contributed by atoms with Crippen molar-refractivity contribution in [2.45, 2.75) is 78.9 Å². The predicted molar refractivity (Wildman–Crippen MR) is 122 cm³/mol. The van der Waals surface area contributed by atoms with Gasteiger partial charge >= 0.3 is 23.9 Å². The zero-order chi connectivity index (χ0) is 25.3. The Balaban J connectivity index is 1.91. The van der Waals surface area contributed by atoms with Crippen LogP contribution in [0.4, 0.5) is 0 Å². The van der Waals surface area contributed by atoms with E-state index in [1.54, 1.807) is 0 Å².